The van der Waals surface area contributed by atoms with Gasteiger partial charge in [-0.15, -0.1) is 0 Å². The third-order valence-corrected chi connectivity index (χ3v) is 5.32. The summed E-state index contributed by atoms with van der Waals surface area (Å²) in [6.07, 6.45) is 5.72. The fraction of sp³-hybridized carbons (Fsp3) is 0.348. The molecule has 0 aliphatic rings. The largest absolute Gasteiger partial charge is 0.493 e. The lowest BCUT2D eigenvalue weighted by molar-refractivity contribution is -0.117. The number of aryl methyl sites for hydroxylation is 1. The average molecular weight is 451 g/mol. The fourth-order valence-electron chi connectivity index (χ4n) is 2.91. The van der Waals surface area contributed by atoms with Crippen molar-refractivity contribution in [3.05, 3.63) is 63.6 Å². The number of methoxy groups -OCH3 is 2. The van der Waals surface area contributed by atoms with Gasteiger partial charge in [0.05, 0.1) is 30.4 Å². The summed E-state index contributed by atoms with van der Waals surface area (Å²) in [5, 5.41) is 7.29. The van der Waals surface area contributed by atoms with E-state index in [1.807, 2.05) is 31.2 Å². The smallest absolute Gasteiger partial charge is 0.245 e. The molecule has 0 bridgehead atoms. The van der Waals surface area contributed by atoms with E-state index in [-0.39, 0.29) is 12.1 Å². The van der Waals surface area contributed by atoms with Gasteiger partial charge in [0.25, 0.3) is 0 Å². The average Bonchev–Trinajstić information content (AvgIpc) is 2.76. The number of carbonyl (C=O) groups is 1. The van der Waals surface area contributed by atoms with Crippen molar-refractivity contribution in [2.75, 3.05) is 20.8 Å². The molecular weight excluding hydrogens is 423 g/mol. The molecule has 1 unspecified atom stereocenters. The van der Waals surface area contributed by atoms with Crippen molar-refractivity contribution in [1.29, 1.82) is 0 Å². The highest BCUT2D eigenvalue weighted by atomic mass is 35.5. The van der Waals surface area contributed by atoms with E-state index < -0.39 is 0 Å². The molecule has 5 nitrogen and oxygen atoms in total. The summed E-state index contributed by atoms with van der Waals surface area (Å²) in [7, 11) is 3.26. The van der Waals surface area contributed by atoms with Crippen LogP contribution in [0.2, 0.25) is 10.0 Å². The van der Waals surface area contributed by atoms with Gasteiger partial charge in [0.1, 0.15) is 0 Å². The molecule has 0 aromatic heterocycles. The number of nitrogens with one attached hydrogen (secondary N) is 2. The van der Waals surface area contributed by atoms with Gasteiger partial charge in [-0.1, -0.05) is 42.3 Å². The van der Waals surface area contributed by atoms with Gasteiger partial charge in [-0.2, -0.15) is 0 Å². The molecule has 0 radical (unpaired) electrons. The molecule has 0 fully saturated rings. The van der Waals surface area contributed by atoms with Crippen molar-refractivity contribution in [3.63, 3.8) is 0 Å². The molecule has 1 atom stereocenters. The van der Waals surface area contributed by atoms with E-state index >= 15 is 0 Å². The zero-order chi connectivity index (χ0) is 21.9. The molecule has 7 heteroatoms. The highest BCUT2D eigenvalue weighted by molar-refractivity contribution is 6.42. The van der Waals surface area contributed by atoms with Crippen LogP contribution in [0.5, 0.6) is 11.5 Å². The first-order valence-corrected chi connectivity index (χ1v) is 10.6. The second kappa shape index (κ2) is 12.5. The number of carbonyl (C=O) groups excluding carboxylic acids is 1. The molecule has 2 aromatic carbocycles. The molecular formula is C23H28Cl2N2O3. The van der Waals surface area contributed by atoms with Crippen LogP contribution < -0.4 is 20.1 Å². The Hall–Kier alpha value is -2.21. The molecule has 0 aliphatic carbocycles. The Kier molecular flexibility index (Phi) is 10.0. The van der Waals surface area contributed by atoms with Gasteiger partial charge in [0, 0.05) is 6.08 Å². The molecule has 2 aromatic rings. The first kappa shape index (κ1) is 24.1. The van der Waals surface area contributed by atoms with Crippen LogP contribution in [0.25, 0.3) is 6.08 Å². The van der Waals surface area contributed by atoms with Gasteiger partial charge < -0.3 is 14.8 Å². The van der Waals surface area contributed by atoms with Crippen LogP contribution in [0.15, 0.2) is 42.5 Å². The minimum Gasteiger partial charge on any atom is -0.493 e. The zero-order valence-corrected chi connectivity index (χ0v) is 19.0. The van der Waals surface area contributed by atoms with E-state index in [0.717, 1.165) is 42.9 Å². The molecule has 162 valence electrons. The van der Waals surface area contributed by atoms with E-state index in [1.165, 1.54) is 11.6 Å². The summed E-state index contributed by atoms with van der Waals surface area (Å²) in [5.41, 5.74) is 1.99. The first-order chi connectivity index (χ1) is 14.5. The number of amides is 1. The van der Waals surface area contributed by atoms with Crippen LogP contribution in [-0.4, -0.2) is 32.8 Å². The van der Waals surface area contributed by atoms with Gasteiger partial charge in [-0.3, -0.25) is 10.1 Å². The lowest BCUT2D eigenvalue weighted by Crippen LogP contribution is -2.44. The van der Waals surface area contributed by atoms with E-state index in [1.54, 1.807) is 32.4 Å². The summed E-state index contributed by atoms with van der Waals surface area (Å²) >= 11 is 11.9. The van der Waals surface area contributed by atoms with E-state index in [4.69, 9.17) is 32.7 Å². The standard InChI is InChI=1S/C23H28Cl2N2O3/c1-4-22(27-23(28)12-9-17-7-10-18(24)19(25)14-17)26-13-5-6-16-8-11-20(29-2)21(15-16)30-3/h7-12,14-15,22,26H,4-6,13H2,1-3H3,(H,27,28)/b12-9+. The highest BCUT2D eigenvalue weighted by Crippen LogP contribution is 2.28. The minimum absolute atomic E-state index is 0.0960. The van der Waals surface area contributed by atoms with E-state index in [9.17, 15) is 4.79 Å². The Morgan fingerprint density at radius 1 is 1.07 bits per heavy atom. The summed E-state index contributed by atoms with van der Waals surface area (Å²) < 4.78 is 10.6. The van der Waals surface area contributed by atoms with Crippen LogP contribution in [0, 0.1) is 0 Å². The van der Waals surface area contributed by atoms with Crippen molar-refractivity contribution in [2.24, 2.45) is 0 Å². The molecule has 0 saturated carbocycles. The van der Waals surface area contributed by atoms with Crippen LogP contribution in [0.3, 0.4) is 0 Å². The number of hydrogen-bond acceptors (Lipinski definition) is 4. The second-order valence-electron chi connectivity index (χ2n) is 6.72. The van der Waals surface area contributed by atoms with Gasteiger partial charge in [-0.05, 0) is 67.3 Å². The predicted molar refractivity (Wildman–Crippen MR) is 124 cm³/mol. The van der Waals surface area contributed by atoms with Crippen molar-refractivity contribution in [3.8, 4) is 11.5 Å². The molecule has 1 amide bonds. The molecule has 2 rings (SSSR count). The summed E-state index contributed by atoms with van der Waals surface area (Å²) in [5.74, 6) is 1.29. The Bertz CT molecular complexity index is 872. The molecule has 0 spiro atoms. The topological polar surface area (TPSA) is 59.6 Å². The molecule has 30 heavy (non-hydrogen) atoms. The molecule has 0 heterocycles. The summed E-state index contributed by atoms with van der Waals surface area (Å²) in [6.45, 7) is 2.80. The number of hydrogen-bond donors (Lipinski definition) is 2. The van der Waals surface area contributed by atoms with Crippen LogP contribution in [0.4, 0.5) is 0 Å². The lowest BCUT2D eigenvalue weighted by atomic mass is 10.1. The van der Waals surface area contributed by atoms with Crippen molar-refractivity contribution >= 4 is 35.2 Å². The maximum absolute atomic E-state index is 12.2. The quantitative estimate of drug-likeness (QED) is 0.284. The molecule has 2 N–H and O–H groups in total. The Morgan fingerprint density at radius 2 is 1.83 bits per heavy atom. The summed E-state index contributed by atoms with van der Waals surface area (Å²) in [4.78, 5) is 12.2. The molecule has 0 saturated heterocycles. The monoisotopic (exact) mass is 450 g/mol. The zero-order valence-electron chi connectivity index (χ0n) is 17.5. The fourth-order valence-corrected chi connectivity index (χ4v) is 3.22. The summed E-state index contributed by atoms with van der Waals surface area (Å²) in [6, 6.07) is 11.2. The number of rotatable bonds is 11. The SMILES string of the molecule is CCC(NCCCc1ccc(OC)c(OC)c1)NC(=O)/C=C/c1ccc(Cl)c(Cl)c1. The Labute approximate surface area is 188 Å². The second-order valence-corrected chi connectivity index (χ2v) is 7.54. The van der Waals surface area contributed by atoms with Crippen molar-refractivity contribution in [2.45, 2.75) is 32.4 Å². The highest BCUT2D eigenvalue weighted by Gasteiger charge is 2.08. The number of halogens is 2. The van der Waals surface area contributed by atoms with Crippen molar-refractivity contribution in [1.82, 2.24) is 10.6 Å². The lowest BCUT2D eigenvalue weighted by Gasteiger charge is -2.18. The van der Waals surface area contributed by atoms with Gasteiger partial charge in [0.2, 0.25) is 5.91 Å². The van der Waals surface area contributed by atoms with Crippen molar-refractivity contribution < 1.29 is 14.3 Å². The number of benzene rings is 2. The predicted octanol–water partition coefficient (Wildman–Crippen LogP) is 5.10. The van der Waals surface area contributed by atoms with Crippen LogP contribution in [0.1, 0.15) is 30.9 Å². The van der Waals surface area contributed by atoms with E-state index in [2.05, 4.69) is 10.6 Å². The van der Waals surface area contributed by atoms with Crippen LogP contribution in [-0.2, 0) is 11.2 Å². The Balaban J connectivity index is 1.78. The number of ether oxygens (including phenoxy) is 2. The minimum atomic E-state index is -0.166. The van der Waals surface area contributed by atoms with Crippen LogP contribution >= 0.6 is 23.2 Å². The maximum Gasteiger partial charge on any atom is 0.245 e. The van der Waals surface area contributed by atoms with Gasteiger partial charge in [0.15, 0.2) is 11.5 Å². The van der Waals surface area contributed by atoms with E-state index in [0.29, 0.717) is 10.0 Å². The maximum atomic E-state index is 12.2. The molecule has 0 aliphatic heterocycles. The third-order valence-electron chi connectivity index (χ3n) is 4.58. The Morgan fingerprint density at radius 3 is 2.50 bits per heavy atom. The third kappa shape index (κ3) is 7.56. The van der Waals surface area contributed by atoms with Gasteiger partial charge >= 0.3 is 0 Å². The first-order valence-electron chi connectivity index (χ1n) is 9.84. The normalized spacial score (nSPS) is 12.0. The van der Waals surface area contributed by atoms with Gasteiger partial charge in [-0.25, -0.2) is 0 Å².